The van der Waals surface area contributed by atoms with Crippen LogP contribution in [0.5, 0.6) is 0 Å². The third-order valence-electron chi connectivity index (χ3n) is 2.77. The highest BCUT2D eigenvalue weighted by atomic mass is 79.9. The summed E-state index contributed by atoms with van der Waals surface area (Å²) in [5.41, 5.74) is 0.757. The zero-order valence-corrected chi connectivity index (χ0v) is 12.4. The molecule has 106 valence electrons. The Morgan fingerprint density at radius 3 is 3.05 bits per heavy atom. The number of hydrogen-bond acceptors (Lipinski definition) is 4. The van der Waals surface area contributed by atoms with Crippen LogP contribution in [0.3, 0.4) is 0 Å². The Hall–Kier alpha value is -1.76. The summed E-state index contributed by atoms with van der Waals surface area (Å²) in [7, 11) is 0. The smallest absolute Gasteiger partial charge is 0.220 e. The average Bonchev–Trinajstić information content (AvgIpc) is 2.94. The van der Waals surface area contributed by atoms with E-state index in [1.807, 2.05) is 0 Å². The van der Waals surface area contributed by atoms with Crippen molar-refractivity contribution in [1.29, 1.82) is 0 Å². The minimum Gasteiger partial charge on any atom is -0.346 e. The number of carbonyl (C=O) groups is 1. The first-order valence-corrected chi connectivity index (χ1v) is 6.85. The van der Waals surface area contributed by atoms with E-state index in [1.165, 1.54) is 18.5 Å². The van der Waals surface area contributed by atoms with Crippen molar-refractivity contribution >= 4 is 21.8 Å². The Balaban J connectivity index is 1.87. The molecule has 0 spiro atoms. The Kier molecular flexibility index (Phi) is 4.84. The molecule has 1 aromatic heterocycles. The van der Waals surface area contributed by atoms with Crippen LogP contribution in [0.1, 0.15) is 30.8 Å². The van der Waals surface area contributed by atoms with Gasteiger partial charge in [0.1, 0.15) is 5.82 Å². The summed E-state index contributed by atoms with van der Waals surface area (Å²) in [5.74, 6) is -0.0486. The number of amides is 1. The number of aryl methyl sites for hydroxylation is 1. The zero-order chi connectivity index (χ0) is 14.5. The van der Waals surface area contributed by atoms with Gasteiger partial charge >= 0.3 is 0 Å². The van der Waals surface area contributed by atoms with Crippen molar-refractivity contribution in [2.45, 2.75) is 25.8 Å². The fraction of sp³-hybridized carbons (Fsp3) is 0.308. The van der Waals surface area contributed by atoms with Crippen LogP contribution < -0.4 is 5.32 Å². The molecule has 2 aromatic rings. The third-order valence-corrected chi connectivity index (χ3v) is 3.55. The molecule has 7 heteroatoms. The Bertz CT molecular complexity index is 589. The van der Waals surface area contributed by atoms with Crippen molar-refractivity contribution in [3.05, 3.63) is 46.3 Å². The second-order valence-corrected chi connectivity index (χ2v) is 5.17. The topological polar surface area (TPSA) is 68.0 Å². The molecule has 0 saturated carbocycles. The first kappa shape index (κ1) is 14.6. The maximum atomic E-state index is 13.1. The van der Waals surface area contributed by atoms with Crippen molar-refractivity contribution in [2.75, 3.05) is 0 Å². The van der Waals surface area contributed by atoms with E-state index in [9.17, 15) is 9.18 Å². The molecule has 1 atom stereocenters. The molecule has 0 aliphatic heterocycles. The lowest BCUT2D eigenvalue weighted by molar-refractivity contribution is -0.121. The molecule has 20 heavy (non-hydrogen) atoms. The minimum atomic E-state index is -0.322. The fourth-order valence-electron chi connectivity index (χ4n) is 1.73. The molecule has 0 saturated heterocycles. The molecule has 1 N–H and O–H groups in total. The molecular formula is C13H13BrFN3O2. The van der Waals surface area contributed by atoms with Crippen LogP contribution in [-0.4, -0.2) is 16.0 Å². The summed E-state index contributed by atoms with van der Waals surface area (Å²) in [4.78, 5) is 15.7. The van der Waals surface area contributed by atoms with E-state index in [0.29, 0.717) is 12.2 Å². The molecule has 2 rings (SSSR count). The fourth-order valence-corrected chi connectivity index (χ4v) is 2.18. The van der Waals surface area contributed by atoms with Gasteiger partial charge in [-0.1, -0.05) is 21.1 Å². The Labute approximate surface area is 123 Å². The van der Waals surface area contributed by atoms with E-state index >= 15 is 0 Å². The molecular weight excluding hydrogens is 329 g/mol. The van der Waals surface area contributed by atoms with E-state index in [-0.39, 0.29) is 24.2 Å². The van der Waals surface area contributed by atoms with Gasteiger partial charge in [0.05, 0.1) is 6.04 Å². The summed E-state index contributed by atoms with van der Waals surface area (Å²) < 4.78 is 18.5. The number of rotatable bonds is 5. The molecule has 5 nitrogen and oxygen atoms in total. The molecule has 0 bridgehead atoms. The summed E-state index contributed by atoms with van der Waals surface area (Å²) in [6, 6.07) is 4.09. The van der Waals surface area contributed by atoms with Gasteiger partial charge in [-0.3, -0.25) is 4.79 Å². The van der Waals surface area contributed by atoms with Gasteiger partial charge in [0.15, 0.2) is 5.82 Å². The monoisotopic (exact) mass is 341 g/mol. The SMILES string of the molecule is C[C@H](NC(=O)CCc1cc(F)ccc1Br)c1ncon1. The highest BCUT2D eigenvalue weighted by molar-refractivity contribution is 9.10. The largest absolute Gasteiger partial charge is 0.346 e. The first-order valence-electron chi connectivity index (χ1n) is 6.06. The van der Waals surface area contributed by atoms with Gasteiger partial charge in [-0.05, 0) is 37.1 Å². The maximum Gasteiger partial charge on any atom is 0.220 e. The molecule has 0 aliphatic carbocycles. The molecule has 1 aromatic carbocycles. The molecule has 1 amide bonds. The van der Waals surface area contributed by atoms with Gasteiger partial charge in [0.2, 0.25) is 12.3 Å². The summed E-state index contributed by atoms with van der Waals surface area (Å²) >= 11 is 3.33. The second-order valence-electron chi connectivity index (χ2n) is 4.31. The highest BCUT2D eigenvalue weighted by Gasteiger charge is 2.13. The number of nitrogens with one attached hydrogen (secondary N) is 1. The van der Waals surface area contributed by atoms with Crippen molar-refractivity contribution in [3.63, 3.8) is 0 Å². The maximum absolute atomic E-state index is 13.1. The molecule has 1 heterocycles. The number of aromatic nitrogens is 2. The number of halogens is 2. The third kappa shape index (κ3) is 3.86. The predicted octanol–water partition coefficient (Wildman–Crippen LogP) is 2.78. The number of hydrogen-bond donors (Lipinski definition) is 1. The molecule has 0 radical (unpaired) electrons. The van der Waals surface area contributed by atoms with Crippen LogP contribution in [0.4, 0.5) is 4.39 Å². The molecule has 0 fully saturated rings. The Morgan fingerprint density at radius 1 is 1.55 bits per heavy atom. The summed E-state index contributed by atoms with van der Waals surface area (Å²) in [6.45, 7) is 1.76. The van der Waals surface area contributed by atoms with Crippen LogP contribution in [0.25, 0.3) is 0 Å². The standard InChI is InChI=1S/C13H13BrFN3O2/c1-8(13-16-7-20-18-13)17-12(19)5-2-9-6-10(15)3-4-11(9)14/h3-4,6-8H,2,5H2,1H3,(H,17,19)/t8-/m0/s1. The average molecular weight is 342 g/mol. The molecule has 0 aliphatic rings. The van der Waals surface area contributed by atoms with Gasteiger partial charge < -0.3 is 9.84 Å². The normalized spacial score (nSPS) is 12.2. The quantitative estimate of drug-likeness (QED) is 0.907. The van der Waals surface area contributed by atoms with Crippen molar-refractivity contribution < 1.29 is 13.7 Å². The Morgan fingerprint density at radius 2 is 2.35 bits per heavy atom. The first-order chi connectivity index (χ1) is 9.56. The lowest BCUT2D eigenvalue weighted by atomic mass is 10.1. The van der Waals surface area contributed by atoms with Crippen molar-refractivity contribution in [1.82, 2.24) is 15.5 Å². The van der Waals surface area contributed by atoms with Crippen molar-refractivity contribution in [3.8, 4) is 0 Å². The van der Waals surface area contributed by atoms with E-state index < -0.39 is 0 Å². The zero-order valence-electron chi connectivity index (χ0n) is 10.8. The van der Waals surface area contributed by atoms with Gasteiger partial charge in [-0.2, -0.15) is 4.98 Å². The van der Waals surface area contributed by atoms with Crippen LogP contribution >= 0.6 is 15.9 Å². The van der Waals surface area contributed by atoms with E-state index in [0.717, 1.165) is 10.0 Å². The predicted molar refractivity (Wildman–Crippen MR) is 73.3 cm³/mol. The van der Waals surface area contributed by atoms with Gasteiger partial charge in [-0.25, -0.2) is 4.39 Å². The van der Waals surface area contributed by atoms with Gasteiger partial charge in [0, 0.05) is 10.9 Å². The summed E-state index contributed by atoms with van der Waals surface area (Å²) in [5, 5.41) is 6.41. The van der Waals surface area contributed by atoms with Crippen LogP contribution in [0, 0.1) is 5.82 Å². The van der Waals surface area contributed by atoms with Crippen LogP contribution in [0.2, 0.25) is 0 Å². The highest BCUT2D eigenvalue weighted by Crippen LogP contribution is 2.19. The minimum absolute atomic E-state index is 0.154. The number of carbonyl (C=O) groups excluding carboxylic acids is 1. The van der Waals surface area contributed by atoms with E-state index in [1.54, 1.807) is 13.0 Å². The van der Waals surface area contributed by atoms with Crippen LogP contribution in [-0.2, 0) is 11.2 Å². The van der Waals surface area contributed by atoms with Crippen LogP contribution in [0.15, 0.2) is 33.6 Å². The summed E-state index contributed by atoms with van der Waals surface area (Å²) in [6.07, 6.45) is 1.91. The lowest BCUT2D eigenvalue weighted by Gasteiger charge is -2.10. The van der Waals surface area contributed by atoms with Gasteiger partial charge in [-0.15, -0.1) is 0 Å². The number of benzene rings is 1. The van der Waals surface area contributed by atoms with Crippen molar-refractivity contribution in [2.24, 2.45) is 0 Å². The molecule has 0 unspecified atom stereocenters. The van der Waals surface area contributed by atoms with Gasteiger partial charge in [0.25, 0.3) is 0 Å². The lowest BCUT2D eigenvalue weighted by Crippen LogP contribution is -2.27. The number of nitrogens with zero attached hydrogens (tertiary/aromatic N) is 2. The van der Waals surface area contributed by atoms with E-state index in [2.05, 4.69) is 35.9 Å². The second kappa shape index (κ2) is 6.60. The van der Waals surface area contributed by atoms with E-state index in [4.69, 9.17) is 0 Å².